The number of hydrogen-bond donors (Lipinski definition) is 1. The molecule has 1 atom stereocenters. The first-order chi connectivity index (χ1) is 6.90. The molecule has 1 heterocycles. The van der Waals surface area contributed by atoms with E-state index in [0.717, 1.165) is 5.56 Å². The van der Waals surface area contributed by atoms with Crippen molar-refractivity contribution in [3.8, 4) is 0 Å². The van der Waals surface area contributed by atoms with Crippen molar-refractivity contribution in [3.05, 3.63) is 35.9 Å². The van der Waals surface area contributed by atoms with E-state index in [1.807, 2.05) is 30.3 Å². The molecule has 1 N–H and O–H groups in total. The Labute approximate surface area is 82.3 Å². The van der Waals surface area contributed by atoms with Crippen molar-refractivity contribution in [2.45, 2.75) is 6.04 Å². The summed E-state index contributed by atoms with van der Waals surface area (Å²) in [6, 6.07) is 10.4. The smallest absolute Gasteiger partial charge is 0.306 e. The zero-order valence-corrected chi connectivity index (χ0v) is 7.84. The molecule has 0 spiro atoms. The first kappa shape index (κ1) is 8.74. The van der Waals surface area contributed by atoms with Gasteiger partial charge in [0.05, 0.1) is 13.3 Å². The van der Waals surface area contributed by atoms with Gasteiger partial charge in [-0.25, -0.2) is 10.4 Å². The predicted molar refractivity (Wildman–Crippen MR) is 55.3 cm³/mol. The van der Waals surface area contributed by atoms with E-state index in [1.165, 1.54) is 0 Å². The van der Waals surface area contributed by atoms with E-state index in [2.05, 4.69) is 15.5 Å². The minimum absolute atomic E-state index is 0.0487. The standard InChI is InChI=1S/C10H11N3O/c1-14-10-12-9(7-11-13-10)8-5-3-2-4-6-8/h2-7,9H,1H3,(H,12,13)/t9-/m0/s1. The van der Waals surface area contributed by atoms with Gasteiger partial charge in [-0.1, -0.05) is 30.3 Å². The van der Waals surface area contributed by atoms with Crippen molar-refractivity contribution >= 4 is 12.2 Å². The molecule has 0 radical (unpaired) electrons. The van der Waals surface area contributed by atoms with Gasteiger partial charge in [0, 0.05) is 0 Å². The normalized spacial score (nSPS) is 19.8. The van der Waals surface area contributed by atoms with Gasteiger partial charge in [0.1, 0.15) is 6.04 Å². The Hall–Kier alpha value is -1.84. The van der Waals surface area contributed by atoms with E-state index in [-0.39, 0.29) is 6.04 Å². The van der Waals surface area contributed by atoms with Crippen LogP contribution in [0.3, 0.4) is 0 Å². The molecule has 0 aliphatic carbocycles. The highest BCUT2D eigenvalue weighted by molar-refractivity contribution is 5.81. The summed E-state index contributed by atoms with van der Waals surface area (Å²) in [6.45, 7) is 0. The monoisotopic (exact) mass is 189 g/mol. The number of amidine groups is 1. The third-order valence-electron chi connectivity index (χ3n) is 1.97. The second-order valence-electron chi connectivity index (χ2n) is 2.88. The van der Waals surface area contributed by atoms with Gasteiger partial charge < -0.3 is 4.74 Å². The zero-order chi connectivity index (χ0) is 9.80. The predicted octanol–water partition coefficient (Wildman–Crippen LogP) is 1.32. The molecule has 4 heteroatoms. The summed E-state index contributed by atoms with van der Waals surface area (Å²) < 4.78 is 4.97. The van der Waals surface area contributed by atoms with Crippen LogP contribution in [0, 0.1) is 0 Å². The van der Waals surface area contributed by atoms with Crippen molar-refractivity contribution in [1.29, 1.82) is 0 Å². The van der Waals surface area contributed by atoms with Gasteiger partial charge >= 0.3 is 6.02 Å². The maximum Gasteiger partial charge on any atom is 0.306 e. The number of aliphatic imine (C=N–C) groups is 1. The molecule has 0 unspecified atom stereocenters. The Morgan fingerprint density at radius 2 is 2.07 bits per heavy atom. The third-order valence-corrected chi connectivity index (χ3v) is 1.97. The van der Waals surface area contributed by atoms with Crippen LogP contribution in [-0.2, 0) is 4.74 Å². The van der Waals surface area contributed by atoms with Crippen LogP contribution in [0.2, 0.25) is 0 Å². The van der Waals surface area contributed by atoms with E-state index >= 15 is 0 Å². The van der Waals surface area contributed by atoms with Crippen LogP contribution in [0.5, 0.6) is 0 Å². The van der Waals surface area contributed by atoms with Gasteiger partial charge in [-0.2, -0.15) is 5.10 Å². The lowest BCUT2D eigenvalue weighted by Gasteiger charge is -2.14. The fourth-order valence-electron chi connectivity index (χ4n) is 1.26. The molecule has 0 aromatic heterocycles. The molecule has 0 saturated heterocycles. The number of ether oxygens (including phenoxy) is 1. The van der Waals surface area contributed by atoms with Gasteiger partial charge in [-0.3, -0.25) is 0 Å². The van der Waals surface area contributed by atoms with E-state index < -0.39 is 0 Å². The van der Waals surface area contributed by atoms with Crippen molar-refractivity contribution in [1.82, 2.24) is 5.43 Å². The Morgan fingerprint density at radius 3 is 2.79 bits per heavy atom. The molecule has 14 heavy (non-hydrogen) atoms. The molecular formula is C10H11N3O. The maximum absolute atomic E-state index is 4.97. The van der Waals surface area contributed by atoms with E-state index in [9.17, 15) is 0 Å². The lowest BCUT2D eigenvalue weighted by atomic mass is 10.1. The zero-order valence-electron chi connectivity index (χ0n) is 7.84. The molecule has 2 rings (SSSR count). The van der Waals surface area contributed by atoms with Crippen molar-refractivity contribution in [2.24, 2.45) is 10.1 Å². The highest BCUT2D eigenvalue weighted by Gasteiger charge is 2.12. The van der Waals surface area contributed by atoms with Crippen molar-refractivity contribution < 1.29 is 4.74 Å². The van der Waals surface area contributed by atoms with Gasteiger partial charge in [-0.15, -0.1) is 0 Å². The number of benzene rings is 1. The lowest BCUT2D eigenvalue weighted by Crippen LogP contribution is -2.25. The Morgan fingerprint density at radius 1 is 1.29 bits per heavy atom. The minimum Gasteiger partial charge on any atom is -0.467 e. The Bertz CT molecular complexity index is 359. The number of hydrazone groups is 1. The van der Waals surface area contributed by atoms with E-state index in [4.69, 9.17) is 4.74 Å². The highest BCUT2D eigenvalue weighted by Crippen LogP contribution is 2.16. The molecule has 1 aromatic carbocycles. The van der Waals surface area contributed by atoms with Gasteiger partial charge in [0.15, 0.2) is 0 Å². The number of nitrogens with one attached hydrogen (secondary N) is 1. The summed E-state index contributed by atoms with van der Waals surface area (Å²) in [5.41, 5.74) is 3.77. The third kappa shape index (κ3) is 1.74. The average Bonchev–Trinajstić information content (AvgIpc) is 2.30. The molecule has 1 aliphatic heterocycles. The van der Waals surface area contributed by atoms with E-state index in [0.29, 0.717) is 6.02 Å². The second-order valence-corrected chi connectivity index (χ2v) is 2.88. The van der Waals surface area contributed by atoms with Crippen LogP contribution >= 0.6 is 0 Å². The highest BCUT2D eigenvalue weighted by atomic mass is 16.5. The number of hydrogen-bond acceptors (Lipinski definition) is 4. The number of methoxy groups -OCH3 is 1. The van der Waals surface area contributed by atoms with Crippen molar-refractivity contribution in [3.63, 3.8) is 0 Å². The summed E-state index contributed by atoms with van der Waals surface area (Å²) in [6.07, 6.45) is 1.75. The van der Waals surface area contributed by atoms with Crippen LogP contribution in [0.25, 0.3) is 0 Å². The summed E-state index contributed by atoms with van der Waals surface area (Å²) in [5, 5.41) is 3.96. The maximum atomic E-state index is 4.97. The fourth-order valence-corrected chi connectivity index (χ4v) is 1.26. The van der Waals surface area contributed by atoms with Crippen LogP contribution < -0.4 is 5.43 Å². The first-order valence-electron chi connectivity index (χ1n) is 4.36. The second kappa shape index (κ2) is 3.91. The van der Waals surface area contributed by atoms with E-state index in [1.54, 1.807) is 13.3 Å². The Balaban J connectivity index is 2.23. The quantitative estimate of drug-likeness (QED) is 0.724. The van der Waals surface area contributed by atoms with Crippen LogP contribution in [0.4, 0.5) is 0 Å². The summed E-state index contributed by atoms with van der Waals surface area (Å²) in [4.78, 5) is 4.30. The van der Waals surface area contributed by atoms with Gasteiger partial charge in [-0.05, 0) is 5.56 Å². The summed E-state index contributed by atoms with van der Waals surface area (Å²) in [7, 11) is 1.56. The molecule has 72 valence electrons. The topological polar surface area (TPSA) is 46.0 Å². The van der Waals surface area contributed by atoms with Crippen LogP contribution in [-0.4, -0.2) is 19.3 Å². The molecule has 1 aromatic rings. The molecule has 0 saturated carbocycles. The number of rotatable bonds is 1. The molecule has 0 amide bonds. The summed E-state index contributed by atoms with van der Waals surface area (Å²) >= 11 is 0. The first-order valence-corrected chi connectivity index (χ1v) is 4.36. The minimum atomic E-state index is -0.0487. The van der Waals surface area contributed by atoms with Crippen LogP contribution in [0.1, 0.15) is 11.6 Å². The van der Waals surface area contributed by atoms with Gasteiger partial charge in [0.25, 0.3) is 0 Å². The number of nitrogens with zero attached hydrogens (tertiary/aromatic N) is 2. The molecular weight excluding hydrogens is 178 g/mol. The van der Waals surface area contributed by atoms with Crippen molar-refractivity contribution in [2.75, 3.05) is 7.11 Å². The SMILES string of the molecule is COC1=N[C@H](c2ccccc2)C=NN1. The fraction of sp³-hybridized carbons (Fsp3) is 0.200. The van der Waals surface area contributed by atoms with Gasteiger partial charge in [0.2, 0.25) is 0 Å². The average molecular weight is 189 g/mol. The largest absolute Gasteiger partial charge is 0.467 e. The molecule has 0 bridgehead atoms. The lowest BCUT2D eigenvalue weighted by molar-refractivity contribution is 0.376. The van der Waals surface area contributed by atoms with Crippen LogP contribution in [0.15, 0.2) is 40.4 Å². The molecule has 0 fully saturated rings. The Kier molecular flexibility index (Phi) is 2.44. The molecule has 1 aliphatic rings. The molecule has 4 nitrogen and oxygen atoms in total. The summed E-state index contributed by atoms with van der Waals surface area (Å²) in [5.74, 6) is 0.